The lowest BCUT2D eigenvalue weighted by molar-refractivity contribution is -0.134. The molecule has 0 bridgehead atoms. The first-order valence-corrected chi connectivity index (χ1v) is 14.3. The van der Waals surface area contributed by atoms with Crippen molar-refractivity contribution in [2.45, 2.75) is 37.8 Å². The second-order valence-electron chi connectivity index (χ2n) is 11.0. The van der Waals surface area contributed by atoms with Crippen LogP contribution in [0.15, 0.2) is 67.1 Å². The van der Waals surface area contributed by atoms with Crippen LogP contribution in [0.3, 0.4) is 0 Å². The van der Waals surface area contributed by atoms with Gasteiger partial charge in [-0.15, -0.1) is 0 Å². The van der Waals surface area contributed by atoms with Crippen LogP contribution in [0, 0.1) is 5.82 Å². The number of hydrogen-bond acceptors (Lipinski definition) is 6. The number of rotatable bonds is 7. The minimum absolute atomic E-state index is 0.0134. The van der Waals surface area contributed by atoms with Gasteiger partial charge in [-0.25, -0.2) is 4.39 Å². The highest BCUT2D eigenvalue weighted by atomic mass is 35.5. The molecule has 43 heavy (non-hydrogen) atoms. The van der Waals surface area contributed by atoms with Crippen LogP contribution in [0.2, 0.25) is 10.0 Å². The number of ether oxygens (including phenoxy) is 1. The summed E-state index contributed by atoms with van der Waals surface area (Å²) in [6.45, 7) is 4.05. The maximum Gasteiger partial charge on any atom is 0.257 e. The molecule has 1 N–H and O–H groups in total. The lowest BCUT2D eigenvalue weighted by Crippen LogP contribution is -2.50. The van der Waals surface area contributed by atoms with Crippen LogP contribution in [0.5, 0.6) is 0 Å². The molecule has 222 valence electrons. The van der Waals surface area contributed by atoms with E-state index in [2.05, 4.69) is 10.1 Å². The third kappa shape index (κ3) is 4.78. The molecular formula is C31H28Cl2FN5O4. The zero-order chi connectivity index (χ0) is 30.7. The van der Waals surface area contributed by atoms with Gasteiger partial charge in [-0.05, 0) is 48.9 Å². The molecule has 2 amide bonds. The molecule has 0 aliphatic carbocycles. The van der Waals surface area contributed by atoms with Crippen LogP contribution in [0.1, 0.15) is 58.2 Å². The number of carbonyl (C=O) groups is 2. The van der Waals surface area contributed by atoms with Crippen LogP contribution in [-0.2, 0) is 27.4 Å². The molecule has 0 radical (unpaired) electrons. The largest absolute Gasteiger partial charge is 0.381 e. The van der Waals surface area contributed by atoms with Gasteiger partial charge in [0.15, 0.2) is 5.72 Å². The van der Waals surface area contributed by atoms with Gasteiger partial charge in [-0.3, -0.25) is 24.2 Å². The normalized spacial score (nSPS) is 19.7. The Balaban J connectivity index is 1.43. The Bertz CT molecular complexity index is 1720. The fourth-order valence-corrected chi connectivity index (χ4v) is 6.05. The van der Waals surface area contributed by atoms with Gasteiger partial charge in [0.2, 0.25) is 5.91 Å². The van der Waals surface area contributed by atoms with Crippen molar-refractivity contribution in [2.75, 3.05) is 20.2 Å². The average molecular weight is 625 g/mol. The van der Waals surface area contributed by atoms with Crippen molar-refractivity contribution in [3.63, 3.8) is 0 Å². The van der Waals surface area contributed by atoms with E-state index in [-0.39, 0.29) is 35.2 Å². The van der Waals surface area contributed by atoms with Crippen molar-refractivity contribution in [3.05, 3.63) is 116 Å². The molecule has 1 fully saturated rings. The molecule has 9 nitrogen and oxygen atoms in total. The summed E-state index contributed by atoms with van der Waals surface area (Å²) in [5.74, 6) is -1.25. The maximum absolute atomic E-state index is 16.4. The molecule has 4 aromatic rings. The third-order valence-electron chi connectivity index (χ3n) is 8.33. The van der Waals surface area contributed by atoms with Crippen LogP contribution in [-0.4, -0.2) is 61.7 Å². The predicted octanol–water partition coefficient (Wildman–Crippen LogP) is 4.89. The first-order valence-electron chi connectivity index (χ1n) is 13.6. The number of halogens is 3. The summed E-state index contributed by atoms with van der Waals surface area (Å²) in [5.41, 5.74) is -1.69. The van der Waals surface area contributed by atoms with Crippen LogP contribution >= 0.6 is 23.2 Å². The maximum atomic E-state index is 16.4. The molecule has 2 aliphatic rings. The Morgan fingerprint density at radius 3 is 2.44 bits per heavy atom. The zero-order valence-corrected chi connectivity index (χ0v) is 25.1. The molecule has 0 spiro atoms. The quantitative estimate of drug-likeness (QED) is 0.315. The van der Waals surface area contributed by atoms with E-state index in [1.165, 1.54) is 50.4 Å². The van der Waals surface area contributed by atoms with E-state index in [0.29, 0.717) is 40.0 Å². The summed E-state index contributed by atoms with van der Waals surface area (Å²) in [7, 11) is 1.41. The molecule has 2 aromatic carbocycles. The van der Waals surface area contributed by atoms with E-state index < -0.39 is 23.1 Å². The molecule has 0 saturated carbocycles. The number of aromatic nitrogens is 3. The van der Waals surface area contributed by atoms with Gasteiger partial charge in [0.1, 0.15) is 11.4 Å². The molecule has 4 heterocycles. The Kier molecular flexibility index (Phi) is 7.29. The molecular weight excluding hydrogens is 596 g/mol. The summed E-state index contributed by atoms with van der Waals surface area (Å²) in [4.78, 5) is 33.2. The van der Waals surface area contributed by atoms with E-state index in [9.17, 15) is 14.7 Å². The number of amides is 2. The number of likely N-dealkylation sites (tertiary alicyclic amines) is 1. The average Bonchev–Trinajstić information content (AvgIpc) is 3.52. The highest BCUT2D eigenvalue weighted by molar-refractivity contribution is 6.30. The number of hydrogen-bond donors (Lipinski definition) is 1. The summed E-state index contributed by atoms with van der Waals surface area (Å²) in [5, 5.41) is 17.0. The summed E-state index contributed by atoms with van der Waals surface area (Å²) in [6.07, 6.45) is 4.66. The minimum Gasteiger partial charge on any atom is -0.381 e. The highest BCUT2D eigenvalue weighted by Crippen LogP contribution is 2.48. The fraction of sp³-hybridized carbons (Fsp3) is 0.290. The number of aliphatic hydroxyl groups is 1. The fourth-order valence-electron chi connectivity index (χ4n) is 5.81. The van der Waals surface area contributed by atoms with Gasteiger partial charge in [0.25, 0.3) is 5.91 Å². The number of pyridine rings is 1. The standard InChI is InChI=1S/C31H28Cl2FN5O4/c1-18(40)37-16-25(17-37)39-14-21(12-36-39)30(2,42)20-10-26-28(27(34)11-20)31(43-3,19-4-6-22(32)7-5-19)38(29(26)41)15-24-9-8-23(33)13-35-24/h4-14,25,42H,15-17H2,1-3H3/t30?,31-/m1/s1. The van der Waals surface area contributed by atoms with Crippen molar-refractivity contribution in [2.24, 2.45) is 0 Å². The first kappa shape index (κ1) is 29.3. The molecule has 2 aromatic heterocycles. The predicted molar refractivity (Wildman–Crippen MR) is 157 cm³/mol. The second-order valence-corrected chi connectivity index (χ2v) is 11.8. The van der Waals surface area contributed by atoms with E-state index >= 15 is 4.39 Å². The van der Waals surface area contributed by atoms with Gasteiger partial charge < -0.3 is 14.7 Å². The number of fused-ring (bicyclic) bond motifs is 1. The van der Waals surface area contributed by atoms with Crippen LogP contribution in [0.4, 0.5) is 4.39 Å². The van der Waals surface area contributed by atoms with Gasteiger partial charge >= 0.3 is 0 Å². The first-order chi connectivity index (χ1) is 20.4. The number of carbonyl (C=O) groups excluding carboxylic acids is 2. The molecule has 1 saturated heterocycles. The van der Waals surface area contributed by atoms with E-state index in [1.807, 2.05) is 0 Å². The van der Waals surface area contributed by atoms with Gasteiger partial charge in [0.05, 0.1) is 40.6 Å². The van der Waals surface area contributed by atoms with Gasteiger partial charge in [0, 0.05) is 55.7 Å². The lowest BCUT2D eigenvalue weighted by atomic mass is 9.85. The molecule has 6 rings (SSSR count). The van der Waals surface area contributed by atoms with Crippen molar-refractivity contribution in [3.8, 4) is 0 Å². The molecule has 2 aliphatic heterocycles. The molecule has 12 heteroatoms. The van der Waals surface area contributed by atoms with Crippen LogP contribution < -0.4 is 0 Å². The monoisotopic (exact) mass is 623 g/mol. The zero-order valence-electron chi connectivity index (χ0n) is 23.6. The van der Waals surface area contributed by atoms with Crippen molar-refractivity contribution in [1.82, 2.24) is 24.6 Å². The van der Waals surface area contributed by atoms with Crippen molar-refractivity contribution < 1.29 is 23.8 Å². The van der Waals surface area contributed by atoms with Gasteiger partial charge in [-0.2, -0.15) is 5.10 Å². The summed E-state index contributed by atoms with van der Waals surface area (Å²) < 4.78 is 24.2. The van der Waals surface area contributed by atoms with Crippen molar-refractivity contribution in [1.29, 1.82) is 0 Å². The summed E-state index contributed by atoms with van der Waals surface area (Å²) >= 11 is 12.2. The topological polar surface area (TPSA) is 101 Å². The minimum atomic E-state index is -1.69. The van der Waals surface area contributed by atoms with E-state index in [1.54, 1.807) is 52.2 Å². The number of methoxy groups -OCH3 is 1. The number of nitrogens with zero attached hydrogens (tertiary/aromatic N) is 5. The Hall–Kier alpha value is -3.83. The Labute approximate surface area is 257 Å². The Morgan fingerprint density at radius 1 is 1.12 bits per heavy atom. The third-order valence-corrected chi connectivity index (χ3v) is 8.81. The second kappa shape index (κ2) is 10.7. The number of benzene rings is 2. The SMILES string of the molecule is CO[C@]1(c2ccc(Cl)cc2)c2c(F)cc(C(C)(O)c3cnn(C4CN(C(C)=O)C4)c3)cc2C(=O)N1Cc1ccc(Cl)cn1. The Morgan fingerprint density at radius 2 is 1.81 bits per heavy atom. The van der Waals surface area contributed by atoms with Gasteiger partial charge in [-0.1, -0.05) is 35.3 Å². The van der Waals surface area contributed by atoms with E-state index in [4.69, 9.17) is 27.9 Å². The molecule has 1 unspecified atom stereocenters. The van der Waals surface area contributed by atoms with E-state index in [0.717, 1.165) is 0 Å². The van der Waals surface area contributed by atoms with Crippen molar-refractivity contribution >= 4 is 35.0 Å². The lowest BCUT2D eigenvalue weighted by Gasteiger charge is -2.38. The summed E-state index contributed by atoms with van der Waals surface area (Å²) in [6, 6.07) is 12.7. The highest BCUT2D eigenvalue weighted by Gasteiger charge is 2.54. The van der Waals surface area contributed by atoms with Crippen LogP contribution in [0.25, 0.3) is 0 Å². The molecule has 2 atom stereocenters. The smallest absolute Gasteiger partial charge is 0.257 e.